The molecule has 0 spiro atoms. The molecule has 0 aliphatic carbocycles. The largest absolute Gasteiger partial charge is 0.496 e. The molecule has 2 rings (SSSR count). The monoisotopic (exact) mass is 539 g/mol. The minimum Gasteiger partial charge on any atom is -0.496 e. The number of nitrogens with two attached hydrogens (primary N) is 1. The first-order chi connectivity index (χ1) is 18.2. The fourth-order valence-corrected chi connectivity index (χ4v) is 4.19. The van der Waals surface area contributed by atoms with Crippen LogP contribution in [0.1, 0.15) is 49.4 Å². The number of ether oxygens (including phenoxy) is 2. The SMILES string of the molecule is CCC[C@@H](CCO)Nc1nc(N)nc(C)c1Cc1ccc(OCCCN(CC(=O)O)CC(F)F)cc1OC. The molecule has 0 amide bonds. The zero-order valence-electron chi connectivity index (χ0n) is 22.3. The van der Waals surface area contributed by atoms with Gasteiger partial charge in [0.25, 0.3) is 6.43 Å². The highest BCUT2D eigenvalue weighted by molar-refractivity contribution is 5.69. The Morgan fingerprint density at radius 3 is 2.66 bits per heavy atom. The van der Waals surface area contributed by atoms with Crippen LogP contribution in [0.5, 0.6) is 11.5 Å². The van der Waals surface area contributed by atoms with Crippen LogP contribution in [-0.4, -0.2) is 83.5 Å². The minimum atomic E-state index is -2.61. The Morgan fingerprint density at radius 2 is 2.03 bits per heavy atom. The van der Waals surface area contributed by atoms with Crippen molar-refractivity contribution < 1.29 is 33.3 Å². The van der Waals surface area contributed by atoms with Gasteiger partial charge in [-0.25, -0.2) is 13.8 Å². The number of hydrogen-bond donors (Lipinski definition) is 4. The van der Waals surface area contributed by atoms with Gasteiger partial charge in [0.15, 0.2) is 0 Å². The molecule has 0 saturated carbocycles. The van der Waals surface area contributed by atoms with Crippen molar-refractivity contribution in [2.75, 3.05) is 51.0 Å². The second kappa shape index (κ2) is 15.9. The third-order valence-corrected chi connectivity index (χ3v) is 5.95. The normalized spacial score (nSPS) is 12.1. The number of nitrogens with one attached hydrogen (secondary N) is 1. The summed E-state index contributed by atoms with van der Waals surface area (Å²) < 4.78 is 36.7. The summed E-state index contributed by atoms with van der Waals surface area (Å²) in [6.07, 6.45) is 0.647. The Morgan fingerprint density at radius 1 is 1.26 bits per heavy atom. The number of carboxylic acids is 1. The van der Waals surface area contributed by atoms with Crippen LogP contribution in [0.25, 0.3) is 0 Å². The van der Waals surface area contributed by atoms with Crippen LogP contribution >= 0.6 is 0 Å². The zero-order valence-corrected chi connectivity index (χ0v) is 22.3. The number of aryl methyl sites for hydroxylation is 1. The van der Waals surface area contributed by atoms with E-state index < -0.39 is 25.5 Å². The lowest BCUT2D eigenvalue weighted by molar-refractivity contribution is -0.138. The number of halogens is 2. The summed E-state index contributed by atoms with van der Waals surface area (Å²) in [6, 6.07) is 5.45. The number of aliphatic hydroxyl groups is 1. The van der Waals surface area contributed by atoms with E-state index in [1.807, 2.05) is 13.0 Å². The summed E-state index contributed by atoms with van der Waals surface area (Å²) in [7, 11) is 1.56. The van der Waals surface area contributed by atoms with Crippen LogP contribution in [0.2, 0.25) is 0 Å². The molecular formula is C26H39F2N5O5. The maximum absolute atomic E-state index is 12.7. The number of rotatable bonds is 18. The molecule has 5 N–H and O–H groups in total. The lowest BCUT2D eigenvalue weighted by Gasteiger charge is -2.21. The molecule has 0 saturated heterocycles. The Kier molecular flexibility index (Phi) is 12.9. The molecule has 0 aliphatic heterocycles. The van der Waals surface area contributed by atoms with Gasteiger partial charge in [-0.05, 0) is 37.8 Å². The van der Waals surface area contributed by atoms with Gasteiger partial charge >= 0.3 is 5.97 Å². The van der Waals surface area contributed by atoms with Crippen molar-refractivity contribution in [2.24, 2.45) is 0 Å². The van der Waals surface area contributed by atoms with Gasteiger partial charge in [0.1, 0.15) is 17.3 Å². The van der Waals surface area contributed by atoms with Crippen LogP contribution < -0.4 is 20.5 Å². The van der Waals surface area contributed by atoms with Gasteiger partial charge < -0.3 is 30.7 Å². The number of nitrogens with zero attached hydrogens (tertiary/aromatic N) is 3. The van der Waals surface area contributed by atoms with Crippen LogP contribution in [0.15, 0.2) is 18.2 Å². The standard InChI is InChI=1S/C26H39F2N5O5/c1-4-6-19(9-11-34)31-25-21(17(2)30-26(29)32-25)13-18-7-8-20(14-22(18)37-3)38-12-5-10-33(15-23(27)28)16-24(35)36/h7-8,14,19,23,34H,4-6,9-13,15-16H2,1-3H3,(H,35,36)(H3,29,30,31,32)/t19-/m0/s1. The molecule has 1 aromatic heterocycles. The average Bonchev–Trinajstić information content (AvgIpc) is 2.84. The van der Waals surface area contributed by atoms with Crippen LogP contribution in [0.4, 0.5) is 20.5 Å². The van der Waals surface area contributed by atoms with Gasteiger partial charge in [-0.1, -0.05) is 19.4 Å². The molecule has 212 valence electrons. The van der Waals surface area contributed by atoms with E-state index in [0.29, 0.717) is 36.6 Å². The molecule has 38 heavy (non-hydrogen) atoms. The van der Waals surface area contributed by atoms with Gasteiger partial charge in [-0.3, -0.25) is 9.69 Å². The number of nitrogen functional groups attached to an aromatic ring is 1. The van der Waals surface area contributed by atoms with E-state index in [-0.39, 0.29) is 31.7 Å². The number of benzene rings is 1. The summed E-state index contributed by atoms with van der Waals surface area (Å²) >= 11 is 0. The van der Waals surface area contributed by atoms with E-state index in [4.69, 9.17) is 20.3 Å². The van der Waals surface area contributed by atoms with E-state index in [0.717, 1.165) is 29.7 Å². The van der Waals surface area contributed by atoms with Crippen molar-refractivity contribution in [3.8, 4) is 11.5 Å². The van der Waals surface area contributed by atoms with Gasteiger partial charge in [0.2, 0.25) is 5.95 Å². The first-order valence-electron chi connectivity index (χ1n) is 12.7. The Labute approximate surface area is 222 Å². The Bertz CT molecular complexity index is 1020. The van der Waals surface area contributed by atoms with Crippen molar-refractivity contribution in [1.29, 1.82) is 0 Å². The lowest BCUT2D eigenvalue weighted by Crippen LogP contribution is -2.35. The maximum Gasteiger partial charge on any atom is 0.317 e. The van der Waals surface area contributed by atoms with Crippen molar-refractivity contribution >= 4 is 17.7 Å². The van der Waals surface area contributed by atoms with Crippen molar-refractivity contribution in [2.45, 2.75) is 58.4 Å². The predicted molar refractivity (Wildman–Crippen MR) is 141 cm³/mol. The van der Waals surface area contributed by atoms with E-state index in [2.05, 4.69) is 22.2 Å². The first-order valence-corrected chi connectivity index (χ1v) is 12.7. The number of anilines is 2. The smallest absolute Gasteiger partial charge is 0.317 e. The molecule has 1 atom stereocenters. The van der Waals surface area contributed by atoms with Gasteiger partial charge in [-0.2, -0.15) is 4.98 Å². The molecule has 0 aliphatic rings. The van der Waals surface area contributed by atoms with Crippen molar-refractivity contribution in [1.82, 2.24) is 14.9 Å². The fraction of sp³-hybridized carbons (Fsp3) is 0.577. The molecule has 0 radical (unpaired) electrons. The molecule has 0 bridgehead atoms. The number of hydrogen-bond acceptors (Lipinski definition) is 9. The lowest BCUT2D eigenvalue weighted by atomic mass is 10.0. The molecule has 1 aromatic carbocycles. The number of carbonyl (C=O) groups is 1. The summed E-state index contributed by atoms with van der Waals surface area (Å²) in [6.45, 7) is 3.36. The Balaban J connectivity index is 2.12. The molecular weight excluding hydrogens is 500 g/mol. The molecule has 0 unspecified atom stereocenters. The van der Waals surface area contributed by atoms with E-state index in [1.165, 1.54) is 4.90 Å². The fourth-order valence-electron chi connectivity index (χ4n) is 4.19. The number of carboxylic acid groups (broad SMARTS) is 1. The first kappa shape index (κ1) is 31.0. The highest BCUT2D eigenvalue weighted by Gasteiger charge is 2.18. The zero-order chi connectivity index (χ0) is 28.1. The van der Waals surface area contributed by atoms with Gasteiger partial charge in [0, 0.05) is 42.9 Å². The second-order valence-electron chi connectivity index (χ2n) is 9.01. The van der Waals surface area contributed by atoms with Crippen LogP contribution in [0, 0.1) is 6.92 Å². The van der Waals surface area contributed by atoms with E-state index >= 15 is 0 Å². The van der Waals surface area contributed by atoms with Gasteiger partial charge in [-0.15, -0.1) is 0 Å². The molecule has 12 heteroatoms. The molecule has 1 heterocycles. The number of alkyl halides is 2. The van der Waals surface area contributed by atoms with Crippen molar-refractivity contribution in [3.63, 3.8) is 0 Å². The number of aromatic nitrogens is 2. The van der Waals surface area contributed by atoms with Gasteiger partial charge in [0.05, 0.1) is 26.8 Å². The quantitative estimate of drug-likeness (QED) is 0.208. The average molecular weight is 540 g/mol. The maximum atomic E-state index is 12.7. The highest BCUT2D eigenvalue weighted by atomic mass is 19.3. The molecule has 2 aromatic rings. The topological polar surface area (TPSA) is 143 Å². The third kappa shape index (κ3) is 10.3. The van der Waals surface area contributed by atoms with Crippen molar-refractivity contribution in [3.05, 3.63) is 35.0 Å². The summed E-state index contributed by atoms with van der Waals surface area (Å²) in [5, 5.41) is 21.8. The minimum absolute atomic E-state index is 0.0437. The van der Waals surface area contributed by atoms with E-state index in [1.54, 1.807) is 19.2 Å². The van der Waals surface area contributed by atoms with E-state index in [9.17, 15) is 18.7 Å². The molecule has 10 nitrogen and oxygen atoms in total. The second-order valence-corrected chi connectivity index (χ2v) is 9.01. The number of aliphatic carboxylic acids is 1. The Hall–Kier alpha value is -3.25. The van der Waals surface area contributed by atoms with Crippen LogP contribution in [0.3, 0.4) is 0 Å². The summed E-state index contributed by atoms with van der Waals surface area (Å²) in [5.74, 6) is 0.772. The number of aliphatic hydroxyl groups excluding tert-OH is 1. The number of methoxy groups -OCH3 is 1. The summed E-state index contributed by atoms with van der Waals surface area (Å²) in [5.41, 5.74) is 8.39. The van der Waals surface area contributed by atoms with Crippen LogP contribution in [-0.2, 0) is 11.2 Å². The predicted octanol–water partition coefficient (Wildman–Crippen LogP) is 3.35. The third-order valence-electron chi connectivity index (χ3n) is 5.95. The molecule has 0 fully saturated rings. The summed E-state index contributed by atoms with van der Waals surface area (Å²) in [4.78, 5) is 20.8. The highest BCUT2D eigenvalue weighted by Crippen LogP contribution is 2.30.